The lowest BCUT2D eigenvalue weighted by Crippen LogP contribution is -2.17. The van der Waals surface area contributed by atoms with E-state index in [9.17, 15) is 5.11 Å². The van der Waals surface area contributed by atoms with E-state index in [1.165, 1.54) is 42.4 Å². The van der Waals surface area contributed by atoms with Crippen LogP contribution in [0.2, 0.25) is 0 Å². The molecule has 0 aliphatic carbocycles. The third-order valence-electron chi connectivity index (χ3n) is 5.34. The molecule has 130 valence electrons. The highest BCUT2D eigenvalue weighted by Crippen LogP contribution is 2.37. The van der Waals surface area contributed by atoms with E-state index in [1.807, 2.05) is 6.07 Å². The van der Waals surface area contributed by atoms with Gasteiger partial charge in [0.1, 0.15) is 5.75 Å². The minimum atomic E-state index is 0.142. The Labute approximate surface area is 147 Å². The molecule has 1 atom stereocenters. The largest absolute Gasteiger partial charge is 0.508 e. The van der Waals surface area contributed by atoms with Crippen molar-refractivity contribution >= 4 is 0 Å². The zero-order valence-electron chi connectivity index (χ0n) is 15.9. The molecule has 1 heteroatoms. The van der Waals surface area contributed by atoms with E-state index in [-0.39, 0.29) is 11.3 Å². The predicted molar refractivity (Wildman–Crippen MR) is 104 cm³/mol. The average Bonchev–Trinajstić information content (AvgIpc) is 2.55. The van der Waals surface area contributed by atoms with Gasteiger partial charge in [-0.05, 0) is 41.5 Å². The Bertz CT molecular complexity index is 669. The number of hydrogen-bond acceptors (Lipinski definition) is 1. The molecule has 2 rings (SSSR count). The van der Waals surface area contributed by atoms with Crippen LogP contribution >= 0.6 is 0 Å². The summed E-state index contributed by atoms with van der Waals surface area (Å²) in [6.45, 7) is 11.2. The average molecular weight is 325 g/mol. The van der Waals surface area contributed by atoms with Crippen molar-refractivity contribution in [2.75, 3.05) is 0 Å². The summed E-state index contributed by atoms with van der Waals surface area (Å²) in [5.41, 5.74) is 5.06. The fraction of sp³-hybridized carbons (Fsp3) is 0.478. The Kier molecular flexibility index (Phi) is 6.10. The molecule has 24 heavy (non-hydrogen) atoms. The van der Waals surface area contributed by atoms with Crippen LogP contribution in [0.5, 0.6) is 5.75 Å². The van der Waals surface area contributed by atoms with Crippen LogP contribution in [0.25, 0.3) is 0 Å². The van der Waals surface area contributed by atoms with Crippen LogP contribution in [0.15, 0.2) is 42.5 Å². The molecule has 1 N–H and O–H groups in total. The van der Waals surface area contributed by atoms with Gasteiger partial charge in [0.25, 0.3) is 0 Å². The maximum absolute atomic E-state index is 10.4. The van der Waals surface area contributed by atoms with Gasteiger partial charge in [-0.15, -0.1) is 0 Å². The molecule has 0 aliphatic rings. The van der Waals surface area contributed by atoms with Gasteiger partial charge in [0, 0.05) is 11.5 Å². The van der Waals surface area contributed by atoms with Gasteiger partial charge in [-0.1, -0.05) is 83.4 Å². The molecular weight excluding hydrogens is 292 g/mol. The minimum Gasteiger partial charge on any atom is -0.508 e. The molecule has 0 saturated carbocycles. The molecule has 0 aromatic heterocycles. The molecule has 0 spiro atoms. The number of hydrogen-bond donors (Lipinski definition) is 1. The van der Waals surface area contributed by atoms with Crippen LogP contribution in [0.1, 0.15) is 81.5 Å². The monoisotopic (exact) mass is 324 g/mol. The van der Waals surface area contributed by atoms with Crippen molar-refractivity contribution in [1.29, 1.82) is 0 Å². The van der Waals surface area contributed by atoms with E-state index in [2.05, 4.69) is 71.0 Å². The molecule has 2 aromatic carbocycles. The fourth-order valence-corrected chi connectivity index (χ4v) is 3.52. The maximum atomic E-state index is 10.4. The van der Waals surface area contributed by atoms with Crippen LogP contribution < -0.4 is 0 Å². The zero-order valence-corrected chi connectivity index (χ0v) is 15.9. The smallest absolute Gasteiger partial charge is 0.119 e. The highest BCUT2D eigenvalue weighted by atomic mass is 16.3. The first-order valence-electron chi connectivity index (χ1n) is 9.25. The van der Waals surface area contributed by atoms with Crippen LogP contribution in [-0.4, -0.2) is 5.11 Å². The first kappa shape index (κ1) is 18.6. The first-order valence-corrected chi connectivity index (χ1v) is 9.25. The van der Waals surface area contributed by atoms with Crippen molar-refractivity contribution in [1.82, 2.24) is 0 Å². The topological polar surface area (TPSA) is 20.2 Å². The van der Waals surface area contributed by atoms with E-state index >= 15 is 0 Å². The Hall–Kier alpha value is -1.76. The summed E-state index contributed by atoms with van der Waals surface area (Å²) in [5.74, 6) is 0.594. The van der Waals surface area contributed by atoms with E-state index in [0.717, 1.165) is 5.56 Å². The van der Waals surface area contributed by atoms with Gasteiger partial charge in [-0.25, -0.2) is 0 Å². The van der Waals surface area contributed by atoms with Gasteiger partial charge in [0.2, 0.25) is 0 Å². The number of rotatable bonds is 7. The Morgan fingerprint density at radius 1 is 1.00 bits per heavy atom. The number of phenolic OH excluding ortho intramolecular Hbond substituents is 1. The molecule has 0 aliphatic heterocycles. The molecule has 0 heterocycles. The quantitative estimate of drug-likeness (QED) is 0.561. The van der Waals surface area contributed by atoms with Crippen LogP contribution in [-0.2, 0) is 5.41 Å². The van der Waals surface area contributed by atoms with Gasteiger partial charge in [0.15, 0.2) is 0 Å². The minimum absolute atomic E-state index is 0.142. The van der Waals surface area contributed by atoms with Crippen molar-refractivity contribution in [3.63, 3.8) is 0 Å². The third kappa shape index (κ3) is 4.20. The van der Waals surface area contributed by atoms with Gasteiger partial charge in [0.05, 0.1) is 0 Å². The zero-order chi connectivity index (χ0) is 17.7. The molecule has 1 unspecified atom stereocenters. The molecule has 0 fully saturated rings. The summed E-state index contributed by atoms with van der Waals surface area (Å²) in [7, 11) is 0. The number of phenols is 1. The number of aromatic hydroxyl groups is 1. The summed E-state index contributed by atoms with van der Waals surface area (Å²) in [6, 6.07) is 14.6. The van der Waals surface area contributed by atoms with Crippen molar-refractivity contribution in [2.24, 2.45) is 0 Å². The van der Waals surface area contributed by atoms with Gasteiger partial charge in [-0.2, -0.15) is 0 Å². The van der Waals surface area contributed by atoms with Crippen molar-refractivity contribution in [3.8, 4) is 5.75 Å². The second kappa shape index (κ2) is 7.88. The number of unbranched alkanes of at least 4 members (excludes halogenated alkanes) is 2. The van der Waals surface area contributed by atoms with E-state index in [0.29, 0.717) is 5.75 Å². The standard InChI is InChI=1S/C23H32O/c1-6-7-10-15-23(4,5)19-13-14-22(24)21(16-19)18(3)20-12-9-8-11-17(20)2/h8-9,11-14,16,18,24H,6-7,10,15H2,1-5H3. The van der Waals surface area contributed by atoms with Crippen molar-refractivity contribution in [2.45, 2.75) is 71.6 Å². The lowest BCUT2D eigenvalue weighted by molar-refractivity contribution is 0.443. The van der Waals surface area contributed by atoms with Crippen LogP contribution in [0.3, 0.4) is 0 Å². The summed E-state index contributed by atoms with van der Waals surface area (Å²) in [4.78, 5) is 0. The Morgan fingerprint density at radius 3 is 2.38 bits per heavy atom. The molecule has 1 nitrogen and oxygen atoms in total. The van der Waals surface area contributed by atoms with Crippen LogP contribution in [0, 0.1) is 6.92 Å². The van der Waals surface area contributed by atoms with Gasteiger partial charge in [-0.3, -0.25) is 0 Å². The fourth-order valence-electron chi connectivity index (χ4n) is 3.52. The lowest BCUT2D eigenvalue weighted by Gasteiger charge is -2.27. The first-order chi connectivity index (χ1) is 11.4. The highest BCUT2D eigenvalue weighted by molar-refractivity contribution is 5.46. The van der Waals surface area contributed by atoms with Crippen molar-refractivity contribution < 1.29 is 5.11 Å². The summed E-state index contributed by atoms with van der Waals surface area (Å²) >= 11 is 0. The molecular formula is C23H32O. The SMILES string of the molecule is CCCCCC(C)(C)c1ccc(O)c(C(C)c2ccccc2C)c1. The summed E-state index contributed by atoms with van der Waals surface area (Å²) in [6.07, 6.45) is 4.98. The number of aryl methyl sites for hydroxylation is 1. The third-order valence-corrected chi connectivity index (χ3v) is 5.34. The molecule has 2 aromatic rings. The van der Waals surface area contributed by atoms with E-state index in [4.69, 9.17) is 0 Å². The molecule has 0 radical (unpaired) electrons. The second-order valence-corrected chi connectivity index (χ2v) is 7.69. The van der Waals surface area contributed by atoms with Gasteiger partial charge >= 0.3 is 0 Å². The molecule has 0 bridgehead atoms. The molecule has 0 saturated heterocycles. The Balaban J connectivity index is 2.33. The maximum Gasteiger partial charge on any atom is 0.119 e. The lowest BCUT2D eigenvalue weighted by atomic mass is 9.78. The highest BCUT2D eigenvalue weighted by Gasteiger charge is 2.23. The van der Waals surface area contributed by atoms with Crippen LogP contribution in [0.4, 0.5) is 0 Å². The van der Waals surface area contributed by atoms with Crippen molar-refractivity contribution in [3.05, 3.63) is 64.7 Å². The van der Waals surface area contributed by atoms with Gasteiger partial charge < -0.3 is 5.11 Å². The summed E-state index contributed by atoms with van der Waals surface area (Å²) in [5, 5.41) is 10.4. The number of benzene rings is 2. The Morgan fingerprint density at radius 2 is 1.71 bits per heavy atom. The summed E-state index contributed by atoms with van der Waals surface area (Å²) < 4.78 is 0. The second-order valence-electron chi connectivity index (χ2n) is 7.69. The predicted octanol–water partition coefficient (Wildman–Crippen LogP) is 6.71. The normalized spacial score (nSPS) is 13.0. The van der Waals surface area contributed by atoms with E-state index in [1.54, 1.807) is 0 Å². The van der Waals surface area contributed by atoms with E-state index < -0.39 is 0 Å². The molecule has 0 amide bonds.